The van der Waals surface area contributed by atoms with E-state index in [9.17, 15) is 13.6 Å². The molecule has 19 heavy (non-hydrogen) atoms. The number of benzene rings is 2. The quantitative estimate of drug-likeness (QED) is 0.601. The van der Waals surface area contributed by atoms with Crippen molar-refractivity contribution in [2.45, 2.75) is 13.3 Å². The van der Waals surface area contributed by atoms with Crippen molar-refractivity contribution in [3.05, 3.63) is 69.2 Å². The van der Waals surface area contributed by atoms with E-state index < -0.39 is 11.6 Å². The summed E-state index contributed by atoms with van der Waals surface area (Å²) < 4.78 is 26.3. The lowest BCUT2D eigenvalue weighted by atomic mass is 9.99. The first-order valence-electron chi connectivity index (χ1n) is 5.72. The molecule has 0 aliphatic heterocycles. The van der Waals surface area contributed by atoms with Gasteiger partial charge in [0.15, 0.2) is 17.4 Å². The first-order chi connectivity index (χ1) is 9.00. The summed E-state index contributed by atoms with van der Waals surface area (Å²) in [5.41, 5.74) is 2.03. The van der Waals surface area contributed by atoms with Crippen molar-refractivity contribution in [1.82, 2.24) is 0 Å². The fourth-order valence-electron chi connectivity index (χ4n) is 1.82. The Morgan fingerprint density at radius 1 is 1.16 bits per heavy atom. The van der Waals surface area contributed by atoms with E-state index in [-0.39, 0.29) is 22.2 Å². The molecule has 2 rings (SSSR count). The molecular formula is C15H11BrF2O. The van der Waals surface area contributed by atoms with Crippen LogP contribution in [0.25, 0.3) is 0 Å². The number of ketones is 1. The summed E-state index contributed by atoms with van der Waals surface area (Å²) in [6.45, 7) is 1.91. The second-order valence-electron chi connectivity index (χ2n) is 4.25. The minimum Gasteiger partial charge on any atom is -0.294 e. The van der Waals surface area contributed by atoms with Gasteiger partial charge >= 0.3 is 0 Å². The van der Waals surface area contributed by atoms with Gasteiger partial charge in [0.05, 0.1) is 4.47 Å². The normalized spacial score (nSPS) is 10.5. The Morgan fingerprint density at radius 3 is 2.53 bits per heavy atom. The maximum atomic E-state index is 13.4. The van der Waals surface area contributed by atoms with E-state index in [2.05, 4.69) is 15.9 Å². The summed E-state index contributed by atoms with van der Waals surface area (Å²) >= 11 is 2.93. The van der Waals surface area contributed by atoms with E-state index in [0.29, 0.717) is 0 Å². The second-order valence-corrected chi connectivity index (χ2v) is 5.04. The molecular weight excluding hydrogens is 314 g/mol. The van der Waals surface area contributed by atoms with Crippen LogP contribution in [0.15, 0.2) is 40.9 Å². The predicted molar refractivity (Wildman–Crippen MR) is 73.3 cm³/mol. The standard InChI is InChI=1S/C15H11BrF2O/c1-9-4-2-3-5-10(9)8-13(19)11-6-7-12(17)15(18)14(11)16/h2-7H,8H2,1H3. The average Bonchev–Trinajstić information content (AvgIpc) is 2.39. The molecule has 0 unspecified atom stereocenters. The van der Waals surface area contributed by atoms with E-state index >= 15 is 0 Å². The molecule has 0 atom stereocenters. The highest BCUT2D eigenvalue weighted by Gasteiger charge is 2.17. The zero-order chi connectivity index (χ0) is 14.0. The Kier molecular flexibility index (Phi) is 4.10. The molecule has 0 heterocycles. The molecule has 0 amide bonds. The maximum Gasteiger partial charge on any atom is 0.173 e. The number of Topliss-reactive ketones (excluding diaryl/α,β-unsaturated/α-hetero) is 1. The Balaban J connectivity index is 2.31. The van der Waals surface area contributed by atoms with Gasteiger partial charge in [0.2, 0.25) is 0 Å². The number of hydrogen-bond acceptors (Lipinski definition) is 1. The first-order valence-corrected chi connectivity index (χ1v) is 6.51. The van der Waals surface area contributed by atoms with Gasteiger partial charge in [-0.25, -0.2) is 8.78 Å². The van der Waals surface area contributed by atoms with Crippen LogP contribution in [0.1, 0.15) is 21.5 Å². The van der Waals surface area contributed by atoms with Gasteiger partial charge < -0.3 is 0 Å². The van der Waals surface area contributed by atoms with Crippen molar-refractivity contribution in [2.24, 2.45) is 0 Å². The largest absolute Gasteiger partial charge is 0.294 e. The molecule has 0 spiro atoms. The highest BCUT2D eigenvalue weighted by atomic mass is 79.9. The van der Waals surface area contributed by atoms with Crippen molar-refractivity contribution in [1.29, 1.82) is 0 Å². The van der Waals surface area contributed by atoms with Crippen LogP contribution in [0, 0.1) is 18.6 Å². The van der Waals surface area contributed by atoms with E-state index in [4.69, 9.17) is 0 Å². The van der Waals surface area contributed by atoms with Gasteiger partial charge in [-0.05, 0) is 46.1 Å². The molecule has 2 aromatic carbocycles. The summed E-state index contributed by atoms with van der Waals surface area (Å²) in [6.07, 6.45) is 0.163. The molecule has 2 aromatic rings. The van der Waals surface area contributed by atoms with Crippen LogP contribution >= 0.6 is 15.9 Å². The van der Waals surface area contributed by atoms with E-state index in [0.717, 1.165) is 17.2 Å². The maximum absolute atomic E-state index is 13.4. The van der Waals surface area contributed by atoms with Crippen LogP contribution in [0.3, 0.4) is 0 Å². The summed E-state index contributed by atoms with van der Waals surface area (Å²) in [5.74, 6) is -2.25. The Bertz CT molecular complexity index is 638. The third-order valence-corrected chi connectivity index (χ3v) is 3.72. The monoisotopic (exact) mass is 324 g/mol. The Hall–Kier alpha value is -1.55. The van der Waals surface area contributed by atoms with Crippen molar-refractivity contribution in [2.75, 3.05) is 0 Å². The zero-order valence-corrected chi connectivity index (χ0v) is 11.8. The van der Waals surface area contributed by atoms with Crippen molar-refractivity contribution in [3.8, 4) is 0 Å². The number of halogens is 3. The summed E-state index contributed by atoms with van der Waals surface area (Å²) in [7, 11) is 0. The van der Waals surface area contributed by atoms with E-state index in [1.807, 2.05) is 31.2 Å². The highest BCUT2D eigenvalue weighted by Crippen LogP contribution is 2.24. The molecule has 0 saturated carbocycles. The van der Waals surface area contributed by atoms with Crippen LogP contribution in [-0.4, -0.2) is 5.78 Å². The average molecular weight is 325 g/mol. The minimum absolute atomic E-state index is 0.119. The summed E-state index contributed by atoms with van der Waals surface area (Å²) in [5, 5.41) is 0. The third-order valence-electron chi connectivity index (χ3n) is 2.95. The lowest BCUT2D eigenvalue weighted by Crippen LogP contribution is -2.07. The Morgan fingerprint density at radius 2 is 1.84 bits per heavy atom. The molecule has 0 saturated heterocycles. The third kappa shape index (κ3) is 2.89. The van der Waals surface area contributed by atoms with Gasteiger partial charge in [0.1, 0.15) is 0 Å². The van der Waals surface area contributed by atoms with Crippen LogP contribution in [0.5, 0.6) is 0 Å². The number of carbonyl (C=O) groups excluding carboxylic acids is 1. The van der Waals surface area contributed by atoms with E-state index in [1.54, 1.807) is 0 Å². The molecule has 0 aliphatic carbocycles. The van der Waals surface area contributed by atoms with Crippen molar-refractivity contribution in [3.63, 3.8) is 0 Å². The topological polar surface area (TPSA) is 17.1 Å². The molecule has 1 nitrogen and oxygen atoms in total. The van der Waals surface area contributed by atoms with Gasteiger partial charge in [0.25, 0.3) is 0 Å². The van der Waals surface area contributed by atoms with Crippen LogP contribution < -0.4 is 0 Å². The fourth-order valence-corrected chi connectivity index (χ4v) is 2.36. The minimum atomic E-state index is -1.03. The molecule has 0 radical (unpaired) electrons. The Labute approximate surface area is 118 Å². The fraction of sp³-hybridized carbons (Fsp3) is 0.133. The molecule has 4 heteroatoms. The number of hydrogen-bond donors (Lipinski definition) is 0. The second kappa shape index (κ2) is 5.61. The van der Waals surface area contributed by atoms with Gasteiger partial charge in [-0.3, -0.25) is 4.79 Å². The zero-order valence-electron chi connectivity index (χ0n) is 10.2. The summed E-state index contributed by atoms with van der Waals surface area (Å²) in [6, 6.07) is 9.74. The van der Waals surface area contributed by atoms with E-state index in [1.165, 1.54) is 6.07 Å². The lowest BCUT2D eigenvalue weighted by molar-refractivity contribution is 0.0991. The number of aryl methyl sites for hydroxylation is 1. The van der Waals surface area contributed by atoms with Crippen LogP contribution in [0.2, 0.25) is 0 Å². The first kappa shape index (κ1) is 13.9. The predicted octanol–water partition coefficient (Wildman–Crippen LogP) is 4.46. The highest BCUT2D eigenvalue weighted by molar-refractivity contribution is 9.10. The van der Waals surface area contributed by atoms with Gasteiger partial charge in [-0.2, -0.15) is 0 Å². The summed E-state index contributed by atoms with van der Waals surface area (Å²) in [4.78, 5) is 12.1. The lowest BCUT2D eigenvalue weighted by Gasteiger charge is -2.07. The molecule has 98 valence electrons. The van der Waals surface area contributed by atoms with Crippen LogP contribution in [0.4, 0.5) is 8.78 Å². The number of rotatable bonds is 3. The smallest absolute Gasteiger partial charge is 0.173 e. The van der Waals surface area contributed by atoms with Crippen molar-refractivity contribution >= 4 is 21.7 Å². The van der Waals surface area contributed by atoms with Gasteiger partial charge in [0, 0.05) is 12.0 Å². The molecule has 0 N–H and O–H groups in total. The van der Waals surface area contributed by atoms with Crippen molar-refractivity contribution < 1.29 is 13.6 Å². The SMILES string of the molecule is Cc1ccccc1CC(=O)c1ccc(F)c(F)c1Br. The molecule has 0 aromatic heterocycles. The molecule has 0 fully saturated rings. The molecule has 0 bridgehead atoms. The van der Waals surface area contributed by atoms with Gasteiger partial charge in [-0.15, -0.1) is 0 Å². The van der Waals surface area contributed by atoms with Crippen LogP contribution in [-0.2, 0) is 6.42 Å². The number of carbonyl (C=O) groups is 1. The molecule has 0 aliphatic rings. The van der Waals surface area contributed by atoms with Gasteiger partial charge in [-0.1, -0.05) is 24.3 Å².